The van der Waals surface area contributed by atoms with E-state index < -0.39 is 0 Å². The third-order valence-corrected chi connectivity index (χ3v) is 3.49. The number of hydrogen-bond donors (Lipinski definition) is 1. The van der Waals surface area contributed by atoms with Crippen molar-refractivity contribution in [2.24, 2.45) is 0 Å². The number of para-hydroxylation sites is 1. The second kappa shape index (κ2) is 9.37. The van der Waals surface area contributed by atoms with E-state index in [0.717, 1.165) is 30.8 Å². The molecule has 2 rings (SSSR count). The molecule has 0 atom stereocenters. The number of nitrogens with one attached hydrogen (secondary N) is 1. The quantitative estimate of drug-likeness (QED) is 0.665. The van der Waals surface area contributed by atoms with E-state index in [2.05, 4.69) is 22.4 Å². The molecule has 0 spiro atoms. The Morgan fingerprint density at radius 1 is 1.30 bits per heavy atom. The van der Waals surface area contributed by atoms with Crippen molar-refractivity contribution in [1.82, 2.24) is 10.1 Å². The first-order valence-electron chi connectivity index (χ1n) is 7.70. The lowest BCUT2D eigenvalue weighted by Gasteiger charge is -2.13. The lowest BCUT2D eigenvalue weighted by molar-refractivity contribution is 0.146. The average molecular weight is 340 g/mol. The van der Waals surface area contributed by atoms with E-state index in [9.17, 15) is 0 Å². The van der Waals surface area contributed by atoms with Crippen molar-refractivity contribution in [3.05, 3.63) is 34.9 Å². The summed E-state index contributed by atoms with van der Waals surface area (Å²) in [4.78, 5) is 4.36. The van der Waals surface area contributed by atoms with E-state index in [0.29, 0.717) is 36.4 Å². The number of aromatic nitrogens is 2. The maximum Gasteiger partial charge on any atom is 0.245 e. The Kier molecular flexibility index (Phi) is 7.16. The summed E-state index contributed by atoms with van der Waals surface area (Å²) in [6.07, 6.45) is 2.99. The molecule has 1 aromatic carbocycles. The predicted molar refractivity (Wildman–Crippen MR) is 89.1 cm³/mol. The number of nitrogens with zero attached hydrogens (tertiary/aromatic N) is 2. The first-order valence-corrected chi connectivity index (χ1v) is 8.08. The third kappa shape index (κ3) is 5.41. The molecule has 2 aromatic rings. The van der Waals surface area contributed by atoms with Gasteiger partial charge in [0.1, 0.15) is 6.61 Å². The Bertz CT molecular complexity index is 604. The van der Waals surface area contributed by atoms with E-state index in [1.165, 1.54) is 0 Å². The van der Waals surface area contributed by atoms with Gasteiger partial charge in [0, 0.05) is 13.5 Å². The first-order chi connectivity index (χ1) is 11.2. The molecule has 0 saturated heterocycles. The molecule has 7 heteroatoms. The molecule has 1 heterocycles. The van der Waals surface area contributed by atoms with Crippen LogP contribution in [0.2, 0.25) is 5.02 Å². The highest BCUT2D eigenvalue weighted by atomic mass is 35.5. The third-order valence-electron chi connectivity index (χ3n) is 3.19. The lowest BCUT2D eigenvalue weighted by Crippen LogP contribution is -2.08. The van der Waals surface area contributed by atoms with Crippen molar-refractivity contribution in [2.75, 3.05) is 25.6 Å². The Morgan fingerprint density at radius 3 is 2.96 bits per heavy atom. The van der Waals surface area contributed by atoms with Gasteiger partial charge < -0.3 is 19.3 Å². The zero-order valence-corrected chi connectivity index (χ0v) is 14.2. The van der Waals surface area contributed by atoms with Crippen molar-refractivity contribution in [3.8, 4) is 5.75 Å². The number of anilines is 1. The van der Waals surface area contributed by atoms with Crippen LogP contribution in [0.15, 0.2) is 22.7 Å². The van der Waals surface area contributed by atoms with Crippen molar-refractivity contribution in [1.29, 1.82) is 0 Å². The normalized spacial score (nSPS) is 10.7. The molecule has 0 unspecified atom stereocenters. The van der Waals surface area contributed by atoms with E-state index in [1.54, 1.807) is 13.2 Å². The summed E-state index contributed by atoms with van der Waals surface area (Å²) in [7, 11) is 1.63. The highest BCUT2D eigenvalue weighted by Crippen LogP contribution is 2.33. The Hall–Kier alpha value is -1.79. The van der Waals surface area contributed by atoms with Crippen LogP contribution >= 0.6 is 11.6 Å². The number of benzene rings is 1. The van der Waals surface area contributed by atoms with Crippen molar-refractivity contribution in [2.45, 2.75) is 32.7 Å². The van der Waals surface area contributed by atoms with Crippen LogP contribution in [0, 0.1) is 0 Å². The van der Waals surface area contributed by atoms with Gasteiger partial charge in [-0.2, -0.15) is 4.98 Å². The predicted octanol–water partition coefficient (Wildman–Crippen LogP) is 3.70. The Balaban J connectivity index is 1.96. The summed E-state index contributed by atoms with van der Waals surface area (Å²) in [5, 5.41) is 7.73. The average Bonchev–Trinajstić information content (AvgIpc) is 3.01. The number of methoxy groups -OCH3 is 1. The summed E-state index contributed by atoms with van der Waals surface area (Å²) < 4.78 is 15.9. The number of unbranched alkanes of at least 4 members (excludes halogenated alkanes) is 1. The van der Waals surface area contributed by atoms with Crippen LogP contribution in [0.1, 0.15) is 31.5 Å². The van der Waals surface area contributed by atoms with Gasteiger partial charge in [-0.15, -0.1) is 0 Å². The summed E-state index contributed by atoms with van der Waals surface area (Å²) >= 11 is 6.19. The molecule has 1 aromatic heterocycles. The molecular weight excluding hydrogens is 318 g/mol. The zero-order chi connectivity index (χ0) is 16.5. The smallest absolute Gasteiger partial charge is 0.245 e. The molecule has 23 heavy (non-hydrogen) atoms. The van der Waals surface area contributed by atoms with Gasteiger partial charge in [0.25, 0.3) is 0 Å². The lowest BCUT2D eigenvalue weighted by atomic mass is 10.2. The van der Waals surface area contributed by atoms with Crippen LogP contribution in [-0.4, -0.2) is 30.5 Å². The maximum absolute atomic E-state index is 6.19. The highest BCUT2D eigenvalue weighted by Gasteiger charge is 2.11. The molecular formula is C16H22ClN3O3. The Labute approximate surface area is 141 Å². The minimum atomic E-state index is 0.417. The van der Waals surface area contributed by atoms with Gasteiger partial charge in [-0.1, -0.05) is 36.2 Å². The molecule has 126 valence electrons. The minimum Gasteiger partial charge on any atom is -0.487 e. The van der Waals surface area contributed by atoms with Crippen LogP contribution in [0.4, 0.5) is 5.69 Å². The van der Waals surface area contributed by atoms with Gasteiger partial charge in [-0.05, 0) is 18.6 Å². The van der Waals surface area contributed by atoms with E-state index >= 15 is 0 Å². The van der Waals surface area contributed by atoms with Crippen LogP contribution in [0.5, 0.6) is 5.75 Å². The molecule has 0 fully saturated rings. The molecule has 0 radical (unpaired) electrons. The van der Waals surface area contributed by atoms with Crippen LogP contribution in [0.3, 0.4) is 0 Å². The fraction of sp³-hybridized carbons (Fsp3) is 0.500. The molecule has 0 saturated carbocycles. The minimum absolute atomic E-state index is 0.417. The first kappa shape index (κ1) is 17.6. The zero-order valence-electron chi connectivity index (χ0n) is 13.5. The fourth-order valence-electron chi connectivity index (χ4n) is 1.99. The van der Waals surface area contributed by atoms with Gasteiger partial charge >= 0.3 is 0 Å². The summed E-state index contributed by atoms with van der Waals surface area (Å²) in [5.74, 6) is 1.88. The van der Waals surface area contributed by atoms with Crippen molar-refractivity contribution < 1.29 is 14.0 Å². The van der Waals surface area contributed by atoms with E-state index in [-0.39, 0.29) is 0 Å². The Morgan fingerprint density at radius 2 is 2.17 bits per heavy atom. The van der Waals surface area contributed by atoms with E-state index in [1.807, 2.05) is 12.1 Å². The number of aryl methyl sites for hydroxylation is 1. The summed E-state index contributed by atoms with van der Waals surface area (Å²) in [6.45, 7) is 3.47. The van der Waals surface area contributed by atoms with Gasteiger partial charge in [-0.3, -0.25) is 0 Å². The largest absolute Gasteiger partial charge is 0.487 e. The number of rotatable bonds is 10. The molecule has 0 amide bonds. The molecule has 0 aliphatic carbocycles. The van der Waals surface area contributed by atoms with Gasteiger partial charge in [0.05, 0.1) is 23.9 Å². The molecule has 0 aliphatic heterocycles. The van der Waals surface area contributed by atoms with Crippen LogP contribution < -0.4 is 10.1 Å². The van der Waals surface area contributed by atoms with Crippen LogP contribution in [-0.2, 0) is 17.7 Å². The monoisotopic (exact) mass is 339 g/mol. The standard InChI is InChI=1S/C16H22ClN3O3/c1-3-4-8-14-19-15(23-20-14)11-18-13-7-5-6-12(17)16(13)22-10-9-21-2/h5-7,18H,3-4,8-11H2,1-2H3. The SMILES string of the molecule is CCCCc1noc(CNc2cccc(Cl)c2OCCOC)n1. The number of halogens is 1. The molecule has 0 bridgehead atoms. The van der Waals surface area contributed by atoms with Crippen molar-refractivity contribution >= 4 is 17.3 Å². The maximum atomic E-state index is 6.19. The second-order valence-electron chi connectivity index (χ2n) is 5.02. The second-order valence-corrected chi connectivity index (χ2v) is 5.43. The van der Waals surface area contributed by atoms with Crippen molar-refractivity contribution in [3.63, 3.8) is 0 Å². The van der Waals surface area contributed by atoms with Gasteiger partial charge in [0.2, 0.25) is 5.89 Å². The van der Waals surface area contributed by atoms with E-state index in [4.69, 9.17) is 25.6 Å². The topological polar surface area (TPSA) is 69.4 Å². The number of ether oxygens (including phenoxy) is 2. The van der Waals surface area contributed by atoms with Gasteiger partial charge in [-0.25, -0.2) is 0 Å². The van der Waals surface area contributed by atoms with Crippen LogP contribution in [0.25, 0.3) is 0 Å². The fourth-order valence-corrected chi connectivity index (χ4v) is 2.22. The molecule has 1 N–H and O–H groups in total. The summed E-state index contributed by atoms with van der Waals surface area (Å²) in [5.41, 5.74) is 0.780. The van der Waals surface area contributed by atoms with Gasteiger partial charge in [0.15, 0.2) is 11.6 Å². The summed E-state index contributed by atoms with van der Waals surface area (Å²) in [6, 6.07) is 5.53. The molecule has 0 aliphatic rings. The highest BCUT2D eigenvalue weighted by molar-refractivity contribution is 6.32. The molecule has 6 nitrogen and oxygen atoms in total. The number of hydrogen-bond acceptors (Lipinski definition) is 6.